The van der Waals surface area contributed by atoms with Crippen LogP contribution in [0.15, 0.2) is 24.3 Å². The van der Waals surface area contributed by atoms with Gasteiger partial charge in [-0.2, -0.15) is 0 Å². The number of aryl methyl sites for hydroxylation is 1. The monoisotopic (exact) mass is 512 g/mol. The van der Waals surface area contributed by atoms with E-state index in [1.807, 2.05) is 31.2 Å². The highest BCUT2D eigenvalue weighted by atomic mass is 32.1. The second-order valence-electron chi connectivity index (χ2n) is 9.46. The normalized spacial score (nSPS) is 20.3. The van der Waals surface area contributed by atoms with Crippen molar-refractivity contribution in [2.45, 2.75) is 45.7 Å². The van der Waals surface area contributed by atoms with Gasteiger partial charge >= 0.3 is 0 Å². The van der Waals surface area contributed by atoms with Gasteiger partial charge in [0, 0.05) is 33.2 Å². The number of aromatic nitrogens is 1. The maximum Gasteiger partial charge on any atom is 0.282 e. The van der Waals surface area contributed by atoms with Crippen LogP contribution >= 0.6 is 11.3 Å². The van der Waals surface area contributed by atoms with Gasteiger partial charge in [-0.15, -0.1) is 11.3 Å². The minimum absolute atomic E-state index is 0.112. The molecule has 10 nitrogen and oxygen atoms in total. The Labute approximate surface area is 214 Å². The quantitative estimate of drug-likeness (QED) is 0.580. The Morgan fingerprint density at radius 3 is 2.67 bits per heavy atom. The number of carbonyl (C=O) groups is 4. The average molecular weight is 513 g/mol. The van der Waals surface area contributed by atoms with Gasteiger partial charge in [0.05, 0.1) is 11.6 Å². The van der Waals surface area contributed by atoms with Crippen LogP contribution in [0.2, 0.25) is 0 Å². The van der Waals surface area contributed by atoms with Crippen LogP contribution in [-0.4, -0.2) is 70.2 Å². The number of primary amides is 1. The van der Waals surface area contributed by atoms with E-state index >= 15 is 0 Å². The Kier molecular flexibility index (Phi) is 7.14. The summed E-state index contributed by atoms with van der Waals surface area (Å²) in [6, 6.07) is 7.76. The summed E-state index contributed by atoms with van der Waals surface area (Å²) in [6.07, 6.45) is 1.29. The minimum atomic E-state index is -1.19. The number of benzene rings is 1. The van der Waals surface area contributed by atoms with Crippen LogP contribution in [0.4, 0.5) is 0 Å². The van der Waals surface area contributed by atoms with Gasteiger partial charge in [-0.05, 0) is 30.9 Å². The molecule has 2 aliphatic heterocycles. The van der Waals surface area contributed by atoms with E-state index < -0.39 is 23.3 Å². The van der Waals surface area contributed by atoms with Crippen molar-refractivity contribution < 1.29 is 19.2 Å². The summed E-state index contributed by atoms with van der Waals surface area (Å²) in [5.41, 5.74) is 6.39. The van der Waals surface area contributed by atoms with Gasteiger partial charge in [-0.3, -0.25) is 24.2 Å². The Balaban J connectivity index is 1.54. The number of rotatable bonds is 7. The van der Waals surface area contributed by atoms with Crippen LogP contribution in [0.1, 0.15) is 63.0 Å². The lowest BCUT2D eigenvalue weighted by atomic mass is 9.82. The summed E-state index contributed by atoms with van der Waals surface area (Å²) in [7, 11) is 1.58. The summed E-state index contributed by atoms with van der Waals surface area (Å²) < 4.78 is 0. The van der Waals surface area contributed by atoms with Gasteiger partial charge in [0.1, 0.15) is 10.4 Å². The molecule has 11 heteroatoms. The van der Waals surface area contributed by atoms with Crippen molar-refractivity contribution in [3.05, 3.63) is 51.0 Å². The lowest BCUT2D eigenvalue weighted by Gasteiger charge is -2.37. The summed E-state index contributed by atoms with van der Waals surface area (Å²) >= 11 is 0.942. The maximum atomic E-state index is 13.9. The number of thiazole rings is 1. The molecule has 0 bridgehead atoms. The number of hydrazine groups is 1. The minimum Gasteiger partial charge on any atom is -0.365 e. The molecule has 0 unspecified atom stereocenters. The van der Waals surface area contributed by atoms with E-state index in [2.05, 4.69) is 15.3 Å². The largest absolute Gasteiger partial charge is 0.365 e. The molecule has 36 heavy (non-hydrogen) atoms. The molecule has 0 spiro atoms. The molecule has 1 saturated heterocycles. The van der Waals surface area contributed by atoms with Crippen molar-refractivity contribution in [1.29, 1.82) is 0 Å². The summed E-state index contributed by atoms with van der Waals surface area (Å²) in [5.74, 6) is -2.08. The first kappa shape index (κ1) is 25.8. The Morgan fingerprint density at radius 1 is 1.28 bits per heavy atom. The van der Waals surface area contributed by atoms with E-state index in [9.17, 15) is 19.2 Å². The van der Waals surface area contributed by atoms with E-state index in [4.69, 9.17) is 5.73 Å². The van der Waals surface area contributed by atoms with Gasteiger partial charge in [0.25, 0.3) is 17.7 Å². The van der Waals surface area contributed by atoms with Crippen molar-refractivity contribution in [3.63, 3.8) is 0 Å². The highest BCUT2D eigenvalue weighted by molar-refractivity contribution is 7.15. The Morgan fingerprint density at radius 2 is 2.00 bits per heavy atom. The number of carbonyl (C=O) groups excluding carboxylic acids is 4. The molecule has 3 N–H and O–H groups in total. The summed E-state index contributed by atoms with van der Waals surface area (Å²) in [6.45, 7) is 7.40. The fourth-order valence-electron chi connectivity index (χ4n) is 5.01. The SMILES string of the molecule is CC[C@]1(NC(=O)[C@H](C)CN(C)C(=O)c2nc(C)c(C(N)=O)s2)C(=O)N2CCCN2Cc2ccccc21. The van der Waals surface area contributed by atoms with Crippen LogP contribution in [0.3, 0.4) is 0 Å². The molecule has 1 aromatic heterocycles. The van der Waals surface area contributed by atoms with Crippen LogP contribution in [-0.2, 0) is 21.7 Å². The maximum absolute atomic E-state index is 13.9. The molecule has 0 saturated carbocycles. The number of nitrogens with zero attached hydrogens (tertiary/aromatic N) is 4. The predicted octanol–water partition coefficient (Wildman–Crippen LogP) is 1.64. The Bertz CT molecular complexity index is 1210. The van der Waals surface area contributed by atoms with E-state index in [0.29, 0.717) is 25.2 Å². The van der Waals surface area contributed by atoms with Crippen molar-refractivity contribution in [2.75, 3.05) is 26.7 Å². The number of nitrogens with two attached hydrogens (primary N) is 1. The number of amides is 4. The second kappa shape index (κ2) is 9.98. The zero-order chi connectivity index (χ0) is 26.2. The summed E-state index contributed by atoms with van der Waals surface area (Å²) in [4.78, 5) is 57.6. The molecule has 0 aliphatic carbocycles. The average Bonchev–Trinajstić information content (AvgIpc) is 3.46. The highest BCUT2D eigenvalue weighted by Gasteiger charge is 2.49. The second-order valence-corrected chi connectivity index (χ2v) is 10.5. The zero-order valence-corrected chi connectivity index (χ0v) is 21.9. The first-order valence-corrected chi connectivity index (χ1v) is 12.9. The molecule has 192 valence electrons. The first-order valence-electron chi connectivity index (χ1n) is 12.1. The highest BCUT2D eigenvalue weighted by Crippen LogP contribution is 2.36. The number of fused-ring (bicyclic) bond motifs is 2. The molecule has 2 atom stereocenters. The van der Waals surface area contributed by atoms with Gasteiger partial charge in [0.2, 0.25) is 5.91 Å². The van der Waals surface area contributed by atoms with Crippen LogP contribution in [0, 0.1) is 12.8 Å². The lowest BCUT2D eigenvalue weighted by molar-refractivity contribution is -0.154. The molecule has 2 aliphatic rings. The van der Waals surface area contributed by atoms with Crippen molar-refractivity contribution in [2.24, 2.45) is 11.7 Å². The zero-order valence-electron chi connectivity index (χ0n) is 21.0. The first-order chi connectivity index (χ1) is 17.1. The van der Waals surface area contributed by atoms with Gasteiger partial charge in [-0.25, -0.2) is 9.99 Å². The van der Waals surface area contributed by atoms with Crippen LogP contribution in [0.25, 0.3) is 0 Å². The third-order valence-corrected chi connectivity index (χ3v) is 8.13. The third-order valence-electron chi connectivity index (χ3n) is 6.97. The van der Waals surface area contributed by atoms with E-state index in [-0.39, 0.29) is 28.2 Å². The standard InChI is InChI=1S/C25H32N6O4S/c1-5-25(18-10-7-6-9-17(18)14-30-11-8-12-31(30)24(25)35)28-21(33)15(2)13-29(4)23(34)22-27-16(3)19(36-22)20(26)32/h6-7,9-10,15H,5,8,11-14H2,1-4H3,(H2,26,32)(H,28,33)/t15-,25-/m1/s1. The molecule has 4 rings (SSSR count). The lowest BCUT2D eigenvalue weighted by Crippen LogP contribution is -2.59. The molecule has 2 aromatic rings. The topological polar surface area (TPSA) is 129 Å². The van der Waals surface area contributed by atoms with Gasteiger partial charge < -0.3 is 16.0 Å². The van der Waals surface area contributed by atoms with Crippen LogP contribution < -0.4 is 11.1 Å². The van der Waals surface area contributed by atoms with E-state index in [0.717, 1.165) is 35.4 Å². The molecule has 1 aromatic carbocycles. The van der Waals surface area contributed by atoms with Crippen molar-refractivity contribution >= 4 is 35.0 Å². The fourth-order valence-corrected chi connectivity index (χ4v) is 5.92. The molecule has 0 radical (unpaired) electrons. The van der Waals surface area contributed by atoms with Gasteiger partial charge in [-0.1, -0.05) is 38.1 Å². The molecular formula is C25H32N6O4S. The predicted molar refractivity (Wildman–Crippen MR) is 135 cm³/mol. The smallest absolute Gasteiger partial charge is 0.282 e. The number of hydrogen-bond acceptors (Lipinski definition) is 7. The van der Waals surface area contributed by atoms with Crippen LogP contribution in [0.5, 0.6) is 0 Å². The van der Waals surface area contributed by atoms with Crippen molar-refractivity contribution in [3.8, 4) is 0 Å². The molecular weight excluding hydrogens is 480 g/mol. The number of hydrogen-bond donors (Lipinski definition) is 2. The number of nitrogens with one attached hydrogen (secondary N) is 1. The van der Waals surface area contributed by atoms with Gasteiger partial charge in [0.15, 0.2) is 5.01 Å². The molecule has 4 amide bonds. The third kappa shape index (κ3) is 4.48. The van der Waals surface area contributed by atoms with E-state index in [1.165, 1.54) is 4.90 Å². The van der Waals surface area contributed by atoms with E-state index in [1.54, 1.807) is 25.9 Å². The summed E-state index contributed by atoms with van der Waals surface area (Å²) in [5, 5.41) is 7.05. The van der Waals surface area contributed by atoms with Crippen molar-refractivity contribution in [1.82, 2.24) is 25.2 Å². The molecule has 1 fully saturated rings. The Hall–Kier alpha value is -3.31. The molecule has 3 heterocycles. The fraction of sp³-hybridized carbons (Fsp3) is 0.480.